The molecule has 6 nitrogen and oxygen atoms in total. The highest BCUT2D eigenvalue weighted by Crippen LogP contribution is 2.14. The Labute approximate surface area is 135 Å². The van der Waals surface area contributed by atoms with Crippen LogP contribution in [-0.2, 0) is 20.9 Å². The van der Waals surface area contributed by atoms with Crippen LogP contribution in [-0.4, -0.2) is 23.1 Å². The smallest absolute Gasteiger partial charge is 0.326 e. The van der Waals surface area contributed by atoms with E-state index in [2.05, 4.69) is 5.32 Å². The minimum absolute atomic E-state index is 0.0153. The standard InChI is InChI=1S/C15H15FN2O4S/c1-9-3-4-12(11(16)5-9)17-13(19)7-22-14(20)6-18-10(2)8-23-15(18)21/h3-5,8H,6-7H2,1-2H3,(H,17,19). The summed E-state index contributed by atoms with van der Waals surface area (Å²) in [5.74, 6) is -1.94. The zero-order valence-electron chi connectivity index (χ0n) is 12.6. The summed E-state index contributed by atoms with van der Waals surface area (Å²) in [6.45, 7) is 2.60. The summed E-state index contributed by atoms with van der Waals surface area (Å²) in [4.78, 5) is 34.5. The number of anilines is 1. The van der Waals surface area contributed by atoms with Crippen molar-refractivity contribution in [2.45, 2.75) is 20.4 Å². The van der Waals surface area contributed by atoms with Crippen molar-refractivity contribution in [3.8, 4) is 0 Å². The van der Waals surface area contributed by atoms with E-state index >= 15 is 0 Å². The summed E-state index contributed by atoms with van der Waals surface area (Å²) in [5.41, 5.74) is 1.38. The van der Waals surface area contributed by atoms with Crippen molar-refractivity contribution in [1.29, 1.82) is 0 Å². The van der Waals surface area contributed by atoms with E-state index in [-0.39, 0.29) is 17.1 Å². The Morgan fingerprint density at radius 1 is 1.35 bits per heavy atom. The largest absolute Gasteiger partial charge is 0.454 e. The molecule has 1 heterocycles. The zero-order chi connectivity index (χ0) is 17.0. The highest BCUT2D eigenvalue weighted by Gasteiger charge is 2.13. The second kappa shape index (κ2) is 7.19. The van der Waals surface area contributed by atoms with Gasteiger partial charge < -0.3 is 10.1 Å². The van der Waals surface area contributed by atoms with E-state index in [0.717, 1.165) is 16.9 Å². The fraction of sp³-hybridized carbons (Fsp3) is 0.267. The Bertz CT molecular complexity index is 797. The monoisotopic (exact) mass is 338 g/mol. The number of aromatic nitrogens is 1. The van der Waals surface area contributed by atoms with Crippen molar-refractivity contribution in [2.24, 2.45) is 0 Å². The second-order valence-electron chi connectivity index (χ2n) is 4.92. The summed E-state index contributed by atoms with van der Waals surface area (Å²) in [6, 6.07) is 4.36. The number of hydrogen-bond donors (Lipinski definition) is 1. The number of benzene rings is 1. The molecule has 1 N–H and O–H groups in total. The maximum atomic E-state index is 13.6. The van der Waals surface area contributed by atoms with Crippen LogP contribution in [0.3, 0.4) is 0 Å². The van der Waals surface area contributed by atoms with Crippen molar-refractivity contribution in [3.63, 3.8) is 0 Å². The molecule has 0 saturated heterocycles. The van der Waals surface area contributed by atoms with E-state index < -0.39 is 24.3 Å². The molecule has 0 aliphatic carbocycles. The highest BCUT2D eigenvalue weighted by atomic mass is 32.1. The summed E-state index contributed by atoms with van der Waals surface area (Å²) in [5, 5.41) is 3.94. The fourth-order valence-corrected chi connectivity index (χ4v) is 2.56. The van der Waals surface area contributed by atoms with Gasteiger partial charge in [-0.3, -0.25) is 19.0 Å². The number of carbonyl (C=O) groups is 2. The van der Waals surface area contributed by atoms with E-state index in [9.17, 15) is 18.8 Å². The van der Waals surface area contributed by atoms with Crippen LogP contribution in [0.1, 0.15) is 11.3 Å². The number of esters is 1. The molecule has 1 amide bonds. The van der Waals surface area contributed by atoms with Gasteiger partial charge >= 0.3 is 10.8 Å². The van der Waals surface area contributed by atoms with Gasteiger partial charge in [0.15, 0.2) is 6.61 Å². The summed E-state index contributed by atoms with van der Waals surface area (Å²) in [7, 11) is 0. The number of nitrogens with zero attached hydrogens (tertiary/aromatic N) is 1. The quantitative estimate of drug-likeness (QED) is 0.844. The predicted octanol–water partition coefficient (Wildman–Crippen LogP) is 1.85. The maximum Gasteiger partial charge on any atom is 0.326 e. The summed E-state index contributed by atoms with van der Waals surface area (Å²) in [6.07, 6.45) is 0. The molecule has 23 heavy (non-hydrogen) atoms. The molecule has 0 aliphatic rings. The molecule has 8 heteroatoms. The van der Waals surface area contributed by atoms with Crippen LogP contribution in [0.2, 0.25) is 0 Å². The van der Waals surface area contributed by atoms with Crippen molar-refractivity contribution < 1.29 is 18.7 Å². The SMILES string of the molecule is Cc1ccc(NC(=O)COC(=O)Cn2c(C)csc2=O)c(F)c1. The maximum absolute atomic E-state index is 13.6. The first-order valence-corrected chi connectivity index (χ1v) is 7.61. The molecule has 0 bridgehead atoms. The van der Waals surface area contributed by atoms with Gasteiger partial charge in [0, 0.05) is 11.1 Å². The molecule has 0 spiro atoms. The summed E-state index contributed by atoms with van der Waals surface area (Å²) >= 11 is 0.981. The number of halogens is 1. The highest BCUT2D eigenvalue weighted by molar-refractivity contribution is 7.07. The molecule has 0 fully saturated rings. The number of carbonyl (C=O) groups excluding carboxylic acids is 2. The zero-order valence-corrected chi connectivity index (χ0v) is 13.4. The molecule has 0 radical (unpaired) electrons. The molecular formula is C15H15FN2O4S. The number of thiazole rings is 1. The number of aryl methyl sites for hydroxylation is 2. The molecule has 0 unspecified atom stereocenters. The Morgan fingerprint density at radius 2 is 2.09 bits per heavy atom. The Kier molecular flexibility index (Phi) is 5.28. The Balaban J connectivity index is 1.86. The fourth-order valence-electron chi connectivity index (χ4n) is 1.82. The van der Waals surface area contributed by atoms with E-state index in [1.807, 2.05) is 0 Å². The normalized spacial score (nSPS) is 10.4. The molecule has 1 aromatic heterocycles. The molecule has 0 atom stereocenters. The van der Waals surface area contributed by atoms with E-state index in [1.165, 1.54) is 16.7 Å². The lowest BCUT2D eigenvalue weighted by Crippen LogP contribution is -2.26. The minimum Gasteiger partial charge on any atom is -0.454 e. The van der Waals surface area contributed by atoms with Gasteiger partial charge in [-0.1, -0.05) is 17.4 Å². The van der Waals surface area contributed by atoms with Crippen molar-refractivity contribution in [3.05, 3.63) is 50.3 Å². The topological polar surface area (TPSA) is 77.4 Å². The Morgan fingerprint density at radius 3 is 2.70 bits per heavy atom. The van der Waals surface area contributed by atoms with Gasteiger partial charge in [0.25, 0.3) is 5.91 Å². The van der Waals surface area contributed by atoms with Crippen LogP contribution >= 0.6 is 11.3 Å². The van der Waals surface area contributed by atoms with Gasteiger partial charge in [-0.15, -0.1) is 0 Å². The minimum atomic E-state index is -0.715. The van der Waals surface area contributed by atoms with Crippen molar-refractivity contribution >= 4 is 28.9 Å². The number of nitrogens with one attached hydrogen (secondary N) is 1. The third-order valence-electron chi connectivity index (χ3n) is 3.03. The van der Waals surface area contributed by atoms with Gasteiger partial charge in [0.05, 0.1) is 5.69 Å². The van der Waals surface area contributed by atoms with E-state index in [1.54, 1.807) is 25.3 Å². The first-order valence-electron chi connectivity index (χ1n) is 6.73. The summed E-state index contributed by atoms with van der Waals surface area (Å²) < 4.78 is 19.6. The molecule has 122 valence electrons. The van der Waals surface area contributed by atoms with Crippen molar-refractivity contribution in [1.82, 2.24) is 4.57 Å². The molecule has 0 aliphatic heterocycles. The lowest BCUT2D eigenvalue weighted by Gasteiger charge is -2.08. The van der Waals surface area contributed by atoms with Crippen LogP contribution in [0.4, 0.5) is 10.1 Å². The van der Waals surface area contributed by atoms with Gasteiger partial charge in [0.1, 0.15) is 12.4 Å². The molecule has 2 aromatic rings. The predicted molar refractivity (Wildman–Crippen MR) is 84.0 cm³/mol. The lowest BCUT2D eigenvalue weighted by atomic mass is 10.2. The number of rotatable bonds is 5. The number of amides is 1. The molecule has 0 saturated carbocycles. The van der Waals surface area contributed by atoms with Crippen LogP contribution in [0.15, 0.2) is 28.4 Å². The molecular weight excluding hydrogens is 323 g/mol. The first-order chi connectivity index (χ1) is 10.9. The van der Waals surface area contributed by atoms with Gasteiger partial charge in [-0.25, -0.2) is 4.39 Å². The van der Waals surface area contributed by atoms with Crippen molar-refractivity contribution in [2.75, 3.05) is 11.9 Å². The van der Waals surface area contributed by atoms with Crippen LogP contribution in [0.5, 0.6) is 0 Å². The lowest BCUT2D eigenvalue weighted by molar-refractivity contribution is -0.147. The third-order valence-corrected chi connectivity index (χ3v) is 3.91. The van der Waals surface area contributed by atoms with Crippen LogP contribution in [0, 0.1) is 19.7 Å². The van der Waals surface area contributed by atoms with Crippen LogP contribution < -0.4 is 10.2 Å². The van der Waals surface area contributed by atoms with Gasteiger partial charge in [0.2, 0.25) is 0 Å². The molecule has 1 aromatic carbocycles. The average molecular weight is 338 g/mol. The van der Waals surface area contributed by atoms with Gasteiger partial charge in [-0.05, 0) is 31.5 Å². The molecule has 2 rings (SSSR count). The van der Waals surface area contributed by atoms with E-state index in [0.29, 0.717) is 5.69 Å². The number of ether oxygens (including phenoxy) is 1. The van der Waals surface area contributed by atoms with E-state index in [4.69, 9.17) is 4.74 Å². The first kappa shape index (κ1) is 16.9. The second-order valence-corrected chi connectivity index (χ2v) is 5.74. The van der Waals surface area contributed by atoms with Gasteiger partial charge in [-0.2, -0.15) is 0 Å². The van der Waals surface area contributed by atoms with Crippen LogP contribution in [0.25, 0.3) is 0 Å². The average Bonchev–Trinajstić information content (AvgIpc) is 2.80. The Hall–Kier alpha value is -2.48. The number of hydrogen-bond acceptors (Lipinski definition) is 5. The third kappa shape index (κ3) is 4.49.